The van der Waals surface area contributed by atoms with Crippen LogP contribution in [-0.2, 0) is 11.2 Å². The van der Waals surface area contributed by atoms with Gasteiger partial charge < -0.3 is 10.8 Å². The fraction of sp³-hybridized carbons (Fsp3) is 0.182. The van der Waals surface area contributed by atoms with E-state index in [1.807, 2.05) is 19.1 Å². The van der Waals surface area contributed by atoms with E-state index in [0.29, 0.717) is 5.56 Å². The Morgan fingerprint density at radius 1 is 1.57 bits per heavy atom. The number of primary amides is 1. The SMILES string of the molecule is CCc1ccc(O)c(/C=C/C(N)=O)c1. The summed E-state index contributed by atoms with van der Waals surface area (Å²) in [7, 11) is 0. The number of hydrogen-bond acceptors (Lipinski definition) is 2. The van der Waals surface area contributed by atoms with Gasteiger partial charge in [-0.05, 0) is 30.2 Å². The molecule has 1 rings (SSSR count). The van der Waals surface area contributed by atoms with Crippen molar-refractivity contribution >= 4 is 12.0 Å². The largest absolute Gasteiger partial charge is 0.507 e. The van der Waals surface area contributed by atoms with Crippen molar-refractivity contribution in [2.24, 2.45) is 5.73 Å². The highest BCUT2D eigenvalue weighted by atomic mass is 16.3. The number of phenols is 1. The predicted molar refractivity (Wildman–Crippen MR) is 55.7 cm³/mol. The van der Waals surface area contributed by atoms with Crippen LogP contribution in [0.4, 0.5) is 0 Å². The van der Waals surface area contributed by atoms with E-state index in [4.69, 9.17) is 5.73 Å². The molecular formula is C11H13NO2. The molecule has 0 heterocycles. The number of carbonyl (C=O) groups is 1. The minimum atomic E-state index is -0.522. The van der Waals surface area contributed by atoms with Gasteiger partial charge in [0.15, 0.2) is 0 Å². The van der Waals surface area contributed by atoms with Crippen molar-refractivity contribution in [3.63, 3.8) is 0 Å². The van der Waals surface area contributed by atoms with Gasteiger partial charge in [-0.15, -0.1) is 0 Å². The zero-order chi connectivity index (χ0) is 10.6. The third-order valence-electron chi connectivity index (χ3n) is 1.93. The van der Waals surface area contributed by atoms with Gasteiger partial charge in [-0.25, -0.2) is 0 Å². The van der Waals surface area contributed by atoms with Gasteiger partial charge in [0.2, 0.25) is 5.91 Å². The van der Waals surface area contributed by atoms with Crippen molar-refractivity contribution < 1.29 is 9.90 Å². The molecule has 14 heavy (non-hydrogen) atoms. The lowest BCUT2D eigenvalue weighted by Gasteiger charge is -2.01. The zero-order valence-corrected chi connectivity index (χ0v) is 8.03. The summed E-state index contributed by atoms with van der Waals surface area (Å²) in [5.74, 6) is -0.369. The summed E-state index contributed by atoms with van der Waals surface area (Å²) in [6.07, 6.45) is 3.63. The summed E-state index contributed by atoms with van der Waals surface area (Å²) in [5, 5.41) is 9.44. The van der Waals surface area contributed by atoms with E-state index in [1.54, 1.807) is 6.07 Å². The van der Waals surface area contributed by atoms with E-state index in [2.05, 4.69) is 0 Å². The molecule has 1 aromatic carbocycles. The first-order valence-electron chi connectivity index (χ1n) is 4.43. The van der Waals surface area contributed by atoms with Gasteiger partial charge in [0.1, 0.15) is 5.75 Å². The number of hydrogen-bond donors (Lipinski definition) is 2. The average Bonchev–Trinajstić information content (AvgIpc) is 2.16. The van der Waals surface area contributed by atoms with Gasteiger partial charge in [0.05, 0.1) is 0 Å². The van der Waals surface area contributed by atoms with E-state index in [0.717, 1.165) is 12.0 Å². The summed E-state index contributed by atoms with van der Waals surface area (Å²) < 4.78 is 0. The van der Waals surface area contributed by atoms with Gasteiger partial charge >= 0.3 is 0 Å². The predicted octanol–water partition coefficient (Wildman–Crippen LogP) is 1.45. The van der Waals surface area contributed by atoms with Crippen molar-refractivity contribution in [3.8, 4) is 5.75 Å². The lowest BCUT2D eigenvalue weighted by atomic mass is 10.1. The summed E-state index contributed by atoms with van der Waals surface area (Å²) in [4.78, 5) is 10.5. The Kier molecular flexibility index (Phi) is 3.29. The molecule has 0 aliphatic heterocycles. The smallest absolute Gasteiger partial charge is 0.241 e. The van der Waals surface area contributed by atoms with E-state index in [9.17, 15) is 9.90 Å². The van der Waals surface area contributed by atoms with Crippen molar-refractivity contribution in [2.45, 2.75) is 13.3 Å². The highest BCUT2D eigenvalue weighted by molar-refractivity contribution is 5.90. The lowest BCUT2D eigenvalue weighted by molar-refractivity contribution is -0.113. The Morgan fingerprint density at radius 3 is 2.86 bits per heavy atom. The molecule has 1 amide bonds. The number of phenolic OH excluding ortho intramolecular Hbond substituents is 1. The van der Waals surface area contributed by atoms with Crippen molar-refractivity contribution in [1.29, 1.82) is 0 Å². The highest BCUT2D eigenvalue weighted by Crippen LogP contribution is 2.20. The maximum Gasteiger partial charge on any atom is 0.241 e. The number of amides is 1. The van der Waals surface area contributed by atoms with Gasteiger partial charge in [0.25, 0.3) is 0 Å². The lowest BCUT2D eigenvalue weighted by Crippen LogP contribution is -2.05. The van der Waals surface area contributed by atoms with Crippen molar-refractivity contribution in [3.05, 3.63) is 35.4 Å². The molecule has 0 aromatic heterocycles. The van der Waals surface area contributed by atoms with Gasteiger partial charge in [-0.1, -0.05) is 13.0 Å². The summed E-state index contributed by atoms with van der Waals surface area (Å²) in [6, 6.07) is 5.28. The van der Waals surface area contributed by atoms with Crippen LogP contribution in [0.15, 0.2) is 24.3 Å². The fourth-order valence-corrected chi connectivity index (χ4v) is 1.13. The summed E-state index contributed by atoms with van der Waals surface area (Å²) in [6.45, 7) is 2.02. The normalized spacial score (nSPS) is 10.6. The molecular weight excluding hydrogens is 178 g/mol. The zero-order valence-electron chi connectivity index (χ0n) is 8.03. The maximum atomic E-state index is 10.5. The van der Waals surface area contributed by atoms with E-state index in [-0.39, 0.29) is 5.75 Å². The van der Waals surface area contributed by atoms with Crippen LogP contribution in [0.2, 0.25) is 0 Å². The topological polar surface area (TPSA) is 63.3 Å². The van der Waals surface area contributed by atoms with Crippen molar-refractivity contribution in [2.75, 3.05) is 0 Å². The third-order valence-corrected chi connectivity index (χ3v) is 1.93. The van der Waals surface area contributed by atoms with E-state index >= 15 is 0 Å². The number of aryl methyl sites for hydroxylation is 1. The number of carbonyl (C=O) groups excluding carboxylic acids is 1. The molecule has 0 spiro atoms. The molecule has 3 N–H and O–H groups in total. The Balaban J connectivity index is 3.00. The first-order chi connectivity index (χ1) is 6.63. The molecule has 0 atom stereocenters. The Hall–Kier alpha value is -1.77. The molecule has 74 valence electrons. The van der Waals surface area contributed by atoms with Crippen LogP contribution in [0.1, 0.15) is 18.1 Å². The maximum absolute atomic E-state index is 10.5. The minimum absolute atomic E-state index is 0.153. The molecule has 3 heteroatoms. The molecule has 0 aliphatic carbocycles. The Morgan fingerprint density at radius 2 is 2.29 bits per heavy atom. The molecule has 0 radical (unpaired) electrons. The molecule has 0 fully saturated rings. The standard InChI is InChI=1S/C11H13NO2/c1-2-8-3-5-10(13)9(7-8)4-6-11(12)14/h3-7,13H,2H2,1H3,(H2,12,14)/b6-4+. The third kappa shape index (κ3) is 2.62. The van der Waals surface area contributed by atoms with Gasteiger partial charge in [-0.2, -0.15) is 0 Å². The van der Waals surface area contributed by atoms with Crippen LogP contribution >= 0.6 is 0 Å². The van der Waals surface area contributed by atoms with Gasteiger partial charge in [0, 0.05) is 11.6 Å². The Labute approximate surface area is 82.9 Å². The number of aromatic hydroxyl groups is 1. The number of nitrogens with two attached hydrogens (primary N) is 1. The van der Waals surface area contributed by atoms with Gasteiger partial charge in [-0.3, -0.25) is 4.79 Å². The van der Waals surface area contributed by atoms with Crippen LogP contribution in [-0.4, -0.2) is 11.0 Å². The molecule has 0 unspecified atom stereocenters. The molecule has 0 saturated carbocycles. The molecule has 1 aromatic rings. The molecule has 3 nitrogen and oxygen atoms in total. The van der Waals surface area contributed by atoms with Crippen LogP contribution in [0, 0.1) is 0 Å². The van der Waals surface area contributed by atoms with Crippen LogP contribution in [0.3, 0.4) is 0 Å². The second kappa shape index (κ2) is 4.46. The number of rotatable bonds is 3. The second-order valence-corrected chi connectivity index (χ2v) is 2.98. The Bertz CT molecular complexity index is 370. The van der Waals surface area contributed by atoms with Crippen LogP contribution < -0.4 is 5.73 Å². The highest BCUT2D eigenvalue weighted by Gasteiger charge is 1.98. The van der Waals surface area contributed by atoms with Crippen LogP contribution in [0.5, 0.6) is 5.75 Å². The summed E-state index contributed by atoms with van der Waals surface area (Å²) in [5.41, 5.74) is 6.67. The first kappa shape index (κ1) is 10.3. The quantitative estimate of drug-likeness (QED) is 0.710. The van der Waals surface area contributed by atoms with E-state index < -0.39 is 5.91 Å². The van der Waals surface area contributed by atoms with Crippen LogP contribution in [0.25, 0.3) is 6.08 Å². The molecule has 0 aliphatic rings. The number of benzene rings is 1. The monoisotopic (exact) mass is 191 g/mol. The molecule has 0 bridgehead atoms. The summed E-state index contributed by atoms with van der Waals surface area (Å²) >= 11 is 0. The average molecular weight is 191 g/mol. The first-order valence-corrected chi connectivity index (χ1v) is 4.43. The fourth-order valence-electron chi connectivity index (χ4n) is 1.13. The minimum Gasteiger partial charge on any atom is -0.507 e. The van der Waals surface area contributed by atoms with E-state index in [1.165, 1.54) is 12.2 Å². The molecule has 0 saturated heterocycles. The second-order valence-electron chi connectivity index (χ2n) is 2.98. The van der Waals surface area contributed by atoms with Crippen molar-refractivity contribution in [1.82, 2.24) is 0 Å².